The molecule has 1 aromatic carbocycles. The van der Waals surface area contributed by atoms with Gasteiger partial charge >= 0.3 is 0 Å². The first kappa shape index (κ1) is 10.3. The molecular weight excluding hydrogens is 196 g/mol. The summed E-state index contributed by atoms with van der Waals surface area (Å²) >= 11 is 0. The van der Waals surface area contributed by atoms with Gasteiger partial charge in [0.1, 0.15) is 0 Å². The molecule has 0 unspecified atom stereocenters. The van der Waals surface area contributed by atoms with Crippen molar-refractivity contribution in [1.82, 2.24) is 10.2 Å². The Bertz CT molecular complexity index is 349. The molecule has 86 valence electrons. The second kappa shape index (κ2) is 4.19. The molecule has 1 N–H and O–H groups in total. The number of likely N-dealkylation sites (tertiary alicyclic amines) is 1. The predicted octanol–water partition coefficient (Wildman–Crippen LogP) is 1.87. The zero-order valence-electron chi connectivity index (χ0n) is 9.89. The Labute approximate surface area is 97.6 Å². The van der Waals surface area contributed by atoms with Gasteiger partial charge in [-0.1, -0.05) is 30.3 Å². The molecule has 3 rings (SSSR count). The lowest BCUT2D eigenvalue weighted by Gasteiger charge is -2.23. The van der Waals surface area contributed by atoms with E-state index in [1.54, 1.807) is 0 Å². The maximum Gasteiger partial charge on any atom is 0.0267 e. The first-order valence-corrected chi connectivity index (χ1v) is 6.36. The van der Waals surface area contributed by atoms with Crippen LogP contribution in [0, 0.1) is 5.92 Å². The zero-order valence-corrected chi connectivity index (χ0v) is 9.89. The van der Waals surface area contributed by atoms with E-state index in [-0.39, 0.29) is 0 Å². The summed E-state index contributed by atoms with van der Waals surface area (Å²) in [6.45, 7) is 5.90. The summed E-state index contributed by atoms with van der Waals surface area (Å²) in [6.07, 6.45) is 1.37. The van der Waals surface area contributed by atoms with E-state index in [9.17, 15) is 0 Å². The Hall–Kier alpha value is -0.860. The summed E-state index contributed by atoms with van der Waals surface area (Å²) in [5.74, 6) is 0.878. The van der Waals surface area contributed by atoms with Gasteiger partial charge in [0, 0.05) is 25.2 Å². The Morgan fingerprint density at radius 2 is 2.12 bits per heavy atom. The van der Waals surface area contributed by atoms with Crippen molar-refractivity contribution in [3.05, 3.63) is 35.9 Å². The molecular formula is C14H20N2. The molecule has 0 amide bonds. The van der Waals surface area contributed by atoms with E-state index in [0.717, 1.165) is 18.5 Å². The molecule has 2 heterocycles. The van der Waals surface area contributed by atoms with Gasteiger partial charge in [-0.3, -0.25) is 4.90 Å². The highest BCUT2D eigenvalue weighted by Crippen LogP contribution is 2.32. The maximum absolute atomic E-state index is 3.60. The van der Waals surface area contributed by atoms with E-state index >= 15 is 0 Å². The Balaban J connectivity index is 1.69. The van der Waals surface area contributed by atoms with Crippen molar-refractivity contribution in [2.75, 3.05) is 13.1 Å². The fourth-order valence-electron chi connectivity index (χ4n) is 3.28. The summed E-state index contributed by atoms with van der Waals surface area (Å²) in [6, 6.07) is 12.3. The molecule has 2 aliphatic rings. The minimum atomic E-state index is 0.714. The van der Waals surface area contributed by atoms with Crippen LogP contribution in [-0.4, -0.2) is 30.1 Å². The third-order valence-corrected chi connectivity index (χ3v) is 4.23. The monoisotopic (exact) mass is 216 g/mol. The van der Waals surface area contributed by atoms with E-state index in [0.29, 0.717) is 6.04 Å². The molecule has 0 radical (unpaired) electrons. The second-order valence-corrected chi connectivity index (χ2v) is 5.17. The van der Waals surface area contributed by atoms with E-state index in [1.807, 2.05) is 0 Å². The number of benzene rings is 1. The molecule has 2 fully saturated rings. The second-order valence-electron chi connectivity index (χ2n) is 5.17. The van der Waals surface area contributed by atoms with Gasteiger partial charge in [0.2, 0.25) is 0 Å². The lowest BCUT2D eigenvalue weighted by Crippen LogP contribution is -2.33. The highest BCUT2D eigenvalue weighted by molar-refractivity contribution is 5.15. The van der Waals surface area contributed by atoms with Gasteiger partial charge in [-0.05, 0) is 31.4 Å². The van der Waals surface area contributed by atoms with E-state index in [2.05, 4.69) is 47.5 Å². The summed E-state index contributed by atoms with van der Waals surface area (Å²) in [5, 5.41) is 3.60. The quantitative estimate of drug-likeness (QED) is 0.812. The van der Waals surface area contributed by atoms with Gasteiger partial charge in [0.05, 0.1) is 0 Å². The van der Waals surface area contributed by atoms with Crippen LogP contribution >= 0.6 is 0 Å². The molecule has 2 aliphatic heterocycles. The molecule has 2 heteroatoms. The smallest absolute Gasteiger partial charge is 0.0267 e. The van der Waals surface area contributed by atoms with Gasteiger partial charge < -0.3 is 5.32 Å². The third-order valence-electron chi connectivity index (χ3n) is 4.23. The first-order chi connectivity index (χ1) is 7.84. The SMILES string of the molecule is C[C@H]1NC[C@@H]2[C@H]1CCN2Cc1ccccc1. The van der Waals surface area contributed by atoms with Crippen molar-refractivity contribution in [2.24, 2.45) is 5.92 Å². The van der Waals surface area contributed by atoms with E-state index in [4.69, 9.17) is 0 Å². The number of fused-ring (bicyclic) bond motifs is 1. The van der Waals surface area contributed by atoms with Crippen molar-refractivity contribution in [3.63, 3.8) is 0 Å². The van der Waals surface area contributed by atoms with Crippen LogP contribution in [0.5, 0.6) is 0 Å². The topological polar surface area (TPSA) is 15.3 Å². The first-order valence-electron chi connectivity index (χ1n) is 6.36. The number of nitrogens with one attached hydrogen (secondary N) is 1. The van der Waals surface area contributed by atoms with Crippen molar-refractivity contribution in [1.29, 1.82) is 0 Å². The Morgan fingerprint density at radius 3 is 2.94 bits per heavy atom. The molecule has 0 bridgehead atoms. The Kier molecular flexibility index (Phi) is 2.70. The van der Waals surface area contributed by atoms with E-state index < -0.39 is 0 Å². The molecule has 0 aromatic heterocycles. The van der Waals surface area contributed by atoms with Crippen LogP contribution in [0.3, 0.4) is 0 Å². The van der Waals surface area contributed by atoms with Crippen LogP contribution in [0.1, 0.15) is 18.9 Å². The van der Waals surface area contributed by atoms with Crippen molar-refractivity contribution in [3.8, 4) is 0 Å². The molecule has 16 heavy (non-hydrogen) atoms. The molecule has 1 aromatic rings. The standard InChI is InChI=1S/C14H20N2/c1-11-13-7-8-16(14(13)9-15-11)10-12-5-3-2-4-6-12/h2-6,11,13-15H,7-10H2,1H3/t11-,13+,14-/m1/s1. The fraction of sp³-hybridized carbons (Fsp3) is 0.571. The predicted molar refractivity (Wildman–Crippen MR) is 66.2 cm³/mol. The van der Waals surface area contributed by atoms with Crippen LogP contribution in [0.2, 0.25) is 0 Å². The van der Waals surface area contributed by atoms with Crippen LogP contribution in [0.4, 0.5) is 0 Å². The van der Waals surface area contributed by atoms with Crippen molar-refractivity contribution >= 4 is 0 Å². The number of nitrogens with zero attached hydrogens (tertiary/aromatic N) is 1. The number of hydrogen-bond acceptors (Lipinski definition) is 2. The average Bonchev–Trinajstić information content (AvgIpc) is 2.86. The third kappa shape index (κ3) is 1.76. The van der Waals surface area contributed by atoms with Gasteiger partial charge in [0.25, 0.3) is 0 Å². The number of hydrogen-bond donors (Lipinski definition) is 1. The lowest BCUT2D eigenvalue weighted by atomic mass is 9.98. The number of rotatable bonds is 2. The largest absolute Gasteiger partial charge is 0.312 e. The van der Waals surface area contributed by atoms with Crippen molar-refractivity contribution < 1.29 is 0 Å². The van der Waals surface area contributed by atoms with Crippen LogP contribution < -0.4 is 5.32 Å². The van der Waals surface area contributed by atoms with Crippen LogP contribution in [0.25, 0.3) is 0 Å². The fourth-order valence-corrected chi connectivity index (χ4v) is 3.28. The molecule has 2 nitrogen and oxygen atoms in total. The zero-order chi connectivity index (χ0) is 11.0. The maximum atomic E-state index is 3.60. The normalized spacial score (nSPS) is 34.2. The average molecular weight is 216 g/mol. The van der Waals surface area contributed by atoms with Gasteiger partial charge in [-0.15, -0.1) is 0 Å². The van der Waals surface area contributed by atoms with Gasteiger partial charge in [-0.2, -0.15) is 0 Å². The lowest BCUT2D eigenvalue weighted by molar-refractivity contribution is 0.242. The molecule has 0 saturated carbocycles. The molecule has 0 aliphatic carbocycles. The van der Waals surface area contributed by atoms with E-state index in [1.165, 1.54) is 25.1 Å². The van der Waals surface area contributed by atoms with Crippen molar-refractivity contribution in [2.45, 2.75) is 32.0 Å². The molecule has 2 saturated heterocycles. The highest BCUT2D eigenvalue weighted by atomic mass is 15.2. The Morgan fingerprint density at radius 1 is 1.31 bits per heavy atom. The minimum absolute atomic E-state index is 0.714. The highest BCUT2D eigenvalue weighted by Gasteiger charge is 2.41. The summed E-state index contributed by atoms with van der Waals surface area (Å²) in [7, 11) is 0. The summed E-state index contributed by atoms with van der Waals surface area (Å²) in [4.78, 5) is 2.65. The molecule has 3 atom stereocenters. The van der Waals surface area contributed by atoms with Crippen LogP contribution in [-0.2, 0) is 6.54 Å². The van der Waals surface area contributed by atoms with Gasteiger partial charge in [-0.25, -0.2) is 0 Å². The molecule has 0 spiro atoms. The van der Waals surface area contributed by atoms with Gasteiger partial charge in [0.15, 0.2) is 0 Å². The summed E-state index contributed by atoms with van der Waals surface area (Å²) < 4.78 is 0. The minimum Gasteiger partial charge on any atom is -0.312 e. The van der Waals surface area contributed by atoms with Crippen LogP contribution in [0.15, 0.2) is 30.3 Å². The summed E-state index contributed by atoms with van der Waals surface area (Å²) in [5.41, 5.74) is 1.45.